The van der Waals surface area contributed by atoms with Gasteiger partial charge >= 0.3 is 0 Å². The number of nitrogens with zero attached hydrogens (tertiary/aromatic N) is 2. The molecule has 0 aliphatic carbocycles. The fourth-order valence-corrected chi connectivity index (χ4v) is 1.40. The van der Waals surface area contributed by atoms with E-state index in [1.165, 1.54) is 30.7 Å². The fraction of sp³-hybridized carbons (Fsp3) is 0. The van der Waals surface area contributed by atoms with E-state index in [2.05, 4.69) is 9.97 Å². The maximum absolute atomic E-state index is 13.4. The van der Waals surface area contributed by atoms with Gasteiger partial charge in [-0.05, 0) is 24.3 Å². The Labute approximate surface area is 95.9 Å². The van der Waals surface area contributed by atoms with Crippen molar-refractivity contribution in [3.05, 3.63) is 58.9 Å². The van der Waals surface area contributed by atoms with Gasteiger partial charge < -0.3 is 0 Å². The van der Waals surface area contributed by atoms with E-state index in [0.717, 1.165) is 6.07 Å². The number of aromatic nitrogens is 2. The van der Waals surface area contributed by atoms with Crippen molar-refractivity contribution in [1.82, 2.24) is 9.97 Å². The van der Waals surface area contributed by atoms with Gasteiger partial charge in [-0.3, -0.25) is 4.79 Å². The molecule has 0 aliphatic heterocycles. The molecule has 0 bridgehead atoms. The van der Waals surface area contributed by atoms with Crippen LogP contribution in [-0.2, 0) is 0 Å². The van der Waals surface area contributed by atoms with Crippen molar-refractivity contribution in [1.29, 1.82) is 0 Å². The number of benzene rings is 1. The van der Waals surface area contributed by atoms with Crippen LogP contribution in [0.4, 0.5) is 4.39 Å². The Morgan fingerprint density at radius 1 is 1.31 bits per heavy atom. The second kappa shape index (κ2) is 4.37. The number of carbonyl (C=O) groups excluding carboxylic acids is 1. The minimum Gasteiger partial charge on any atom is -0.287 e. The van der Waals surface area contributed by atoms with Crippen molar-refractivity contribution in [2.45, 2.75) is 0 Å². The van der Waals surface area contributed by atoms with E-state index in [4.69, 9.17) is 11.6 Å². The van der Waals surface area contributed by atoms with Crippen molar-refractivity contribution >= 4 is 17.4 Å². The number of halogens is 2. The molecule has 1 aromatic carbocycles. The lowest BCUT2D eigenvalue weighted by Crippen LogP contribution is -2.06. The van der Waals surface area contributed by atoms with Gasteiger partial charge in [0.05, 0.1) is 5.56 Å². The monoisotopic (exact) mass is 236 g/mol. The van der Waals surface area contributed by atoms with Gasteiger partial charge in [-0.15, -0.1) is 0 Å². The van der Waals surface area contributed by atoms with Crippen molar-refractivity contribution in [2.24, 2.45) is 0 Å². The number of hydrogen-bond donors (Lipinski definition) is 0. The zero-order chi connectivity index (χ0) is 11.5. The number of ketones is 1. The maximum Gasteiger partial charge on any atom is 0.214 e. The lowest BCUT2D eigenvalue weighted by Gasteiger charge is -2.01. The molecule has 2 aromatic rings. The molecule has 80 valence electrons. The highest BCUT2D eigenvalue weighted by Gasteiger charge is 2.14. The zero-order valence-electron chi connectivity index (χ0n) is 8.02. The summed E-state index contributed by atoms with van der Waals surface area (Å²) in [4.78, 5) is 19.2. The molecular formula is C11H6ClFN2O. The molecule has 1 aromatic heterocycles. The smallest absolute Gasteiger partial charge is 0.214 e. The zero-order valence-corrected chi connectivity index (χ0v) is 8.78. The first-order valence-electron chi connectivity index (χ1n) is 4.44. The lowest BCUT2D eigenvalue weighted by molar-refractivity contribution is 0.103. The summed E-state index contributed by atoms with van der Waals surface area (Å²) < 4.78 is 13.4. The summed E-state index contributed by atoms with van der Waals surface area (Å²) in [5, 5.41) is 0.247. The quantitative estimate of drug-likeness (QED) is 0.753. The van der Waals surface area contributed by atoms with Crippen molar-refractivity contribution in [3.8, 4) is 0 Å². The summed E-state index contributed by atoms with van der Waals surface area (Å²) in [5.74, 6) is -1.15. The van der Waals surface area contributed by atoms with Gasteiger partial charge in [0.1, 0.15) is 17.8 Å². The van der Waals surface area contributed by atoms with Crippen molar-refractivity contribution in [2.75, 3.05) is 0 Å². The van der Waals surface area contributed by atoms with Crippen LogP contribution < -0.4 is 0 Å². The Morgan fingerprint density at radius 2 is 2.12 bits per heavy atom. The molecule has 5 heteroatoms. The molecule has 0 amide bonds. The first kappa shape index (κ1) is 10.7. The molecule has 1 heterocycles. The van der Waals surface area contributed by atoms with Crippen LogP contribution in [0, 0.1) is 5.82 Å². The molecule has 0 radical (unpaired) electrons. The van der Waals surface area contributed by atoms with E-state index < -0.39 is 11.6 Å². The van der Waals surface area contributed by atoms with Crippen LogP contribution in [0.5, 0.6) is 0 Å². The summed E-state index contributed by atoms with van der Waals surface area (Å²) in [5.41, 5.74) is 0.0966. The molecule has 0 N–H and O–H groups in total. The number of rotatable bonds is 2. The molecule has 3 nitrogen and oxygen atoms in total. The molecule has 0 saturated carbocycles. The van der Waals surface area contributed by atoms with Gasteiger partial charge in [0.25, 0.3) is 0 Å². The van der Waals surface area contributed by atoms with E-state index in [1.807, 2.05) is 0 Å². The largest absolute Gasteiger partial charge is 0.287 e. The van der Waals surface area contributed by atoms with Crippen LogP contribution in [0.3, 0.4) is 0 Å². The average molecular weight is 237 g/mol. The molecule has 0 saturated heterocycles. The standard InChI is InChI=1S/C11H6ClFN2O/c12-7-1-2-8(9(13)5-7)11(16)10-3-4-14-6-15-10/h1-6H. The average Bonchev–Trinajstić information content (AvgIpc) is 2.29. The number of hydrogen-bond acceptors (Lipinski definition) is 3. The molecule has 16 heavy (non-hydrogen) atoms. The van der Waals surface area contributed by atoms with E-state index in [1.54, 1.807) is 0 Å². The SMILES string of the molecule is O=C(c1ccncn1)c1ccc(Cl)cc1F. The van der Waals surface area contributed by atoms with E-state index in [0.29, 0.717) is 0 Å². The third kappa shape index (κ3) is 2.06. The second-order valence-corrected chi connectivity index (χ2v) is 3.48. The Bertz CT molecular complexity index is 531. The molecule has 0 spiro atoms. The minimum absolute atomic E-state index is 0.0527. The predicted molar refractivity (Wildman–Crippen MR) is 56.9 cm³/mol. The Morgan fingerprint density at radius 3 is 2.75 bits per heavy atom. The molecular weight excluding hydrogens is 231 g/mol. The lowest BCUT2D eigenvalue weighted by atomic mass is 10.1. The van der Waals surface area contributed by atoms with Crippen LogP contribution >= 0.6 is 11.6 Å². The van der Waals surface area contributed by atoms with Gasteiger partial charge in [0.2, 0.25) is 5.78 Å². The minimum atomic E-state index is -0.656. The first-order chi connectivity index (χ1) is 7.68. The second-order valence-electron chi connectivity index (χ2n) is 3.05. The predicted octanol–water partition coefficient (Wildman–Crippen LogP) is 2.50. The molecule has 0 aliphatic rings. The summed E-state index contributed by atoms with van der Waals surface area (Å²) in [6, 6.07) is 5.31. The number of carbonyl (C=O) groups is 1. The van der Waals surface area contributed by atoms with Crippen LogP contribution in [0.15, 0.2) is 36.8 Å². The van der Waals surface area contributed by atoms with E-state index in [-0.39, 0.29) is 16.3 Å². The fourth-order valence-electron chi connectivity index (χ4n) is 1.24. The summed E-state index contributed by atoms with van der Waals surface area (Å²) in [6.45, 7) is 0. The van der Waals surface area contributed by atoms with E-state index >= 15 is 0 Å². The first-order valence-corrected chi connectivity index (χ1v) is 4.82. The van der Waals surface area contributed by atoms with Crippen molar-refractivity contribution in [3.63, 3.8) is 0 Å². The van der Waals surface area contributed by atoms with E-state index in [9.17, 15) is 9.18 Å². The molecule has 0 unspecified atom stereocenters. The highest BCUT2D eigenvalue weighted by Crippen LogP contribution is 2.16. The van der Waals surface area contributed by atoms with Crippen LogP contribution in [0.1, 0.15) is 16.1 Å². The third-order valence-corrected chi connectivity index (χ3v) is 2.23. The van der Waals surface area contributed by atoms with Crippen molar-refractivity contribution < 1.29 is 9.18 Å². The topological polar surface area (TPSA) is 42.9 Å². The molecule has 0 fully saturated rings. The maximum atomic E-state index is 13.4. The molecule has 0 atom stereocenters. The summed E-state index contributed by atoms with van der Waals surface area (Å²) in [7, 11) is 0. The van der Waals surface area contributed by atoms with Gasteiger partial charge in [-0.25, -0.2) is 14.4 Å². The van der Waals surface area contributed by atoms with Gasteiger partial charge in [0, 0.05) is 11.2 Å². The van der Waals surface area contributed by atoms with Gasteiger partial charge in [-0.1, -0.05) is 11.6 Å². The Kier molecular flexibility index (Phi) is 2.92. The Hall–Kier alpha value is -1.81. The van der Waals surface area contributed by atoms with Gasteiger partial charge in [0.15, 0.2) is 0 Å². The van der Waals surface area contributed by atoms with Crippen LogP contribution in [-0.4, -0.2) is 15.8 Å². The molecule has 2 rings (SSSR count). The van der Waals surface area contributed by atoms with Crippen LogP contribution in [0.25, 0.3) is 0 Å². The van der Waals surface area contributed by atoms with Crippen LogP contribution in [0.2, 0.25) is 5.02 Å². The highest BCUT2D eigenvalue weighted by atomic mass is 35.5. The summed E-state index contributed by atoms with van der Waals surface area (Å²) >= 11 is 5.59. The Balaban J connectivity index is 2.42. The summed E-state index contributed by atoms with van der Waals surface area (Å²) in [6.07, 6.45) is 2.66. The highest BCUT2D eigenvalue weighted by molar-refractivity contribution is 6.30. The third-order valence-electron chi connectivity index (χ3n) is 1.99. The van der Waals surface area contributed by atoms with Gasteiger partial charge in [-0.2, -0.15) is 0 Å². The normalized spacial score (nSPS) is 10.1.